The first-order chi connectivity index (χ1) is 2.94. The van der Waals surface area contributed by atoms with Gasteiger partial charge >= 0.3 is 55.1 Å². The van der Waals surface area contributed by atoms with Gasteiger partial charge in [-0.05, 0) is 0 Å². The van der Waals surface area contributed by atoms with E-state index in [0.29, 0.717) is 0 Å². The molecule has 0 saturated carbocycles. The minimum absolute atomic E-state index is 0. The van der Waals surface area contributed by atoms with Crippen molar-refractivity contribution in [3.8, 4) is 0 Å². The maximum absolute atomic E-state index is 11.0. The Bertz CT molecular complexity index is 62.8. The van der Waals surface area contributed by atoms with Crippen molar-refractivity contribution in [3.63, 3.8) is 0 Å². The molecule has 8 heavy (non-hydrogen) atoms. The van der Waals surface area contributed by atoms with E-state index in [1.807, 2.05) is 0 Å². The van der Waals surface area contributed by atoms with Gasteiger partial charge < -0.3 is 0 Å². The van der Waals surface area contributed by atoms with Crippen molar-refractivity contribution in [2.24, 2.45) is 0 Å². The summed E-state index contributed by atoms with van der Waals surface area (Å²) >= 11 is 6.68. The topological polar surface area (TPSA) is 0 Å². The Morgan fingerprint density at radius 3 is 1.50 bits per heavy atom. The molecule has 0 nitrogen and oxygen atoms in total. The normalized spacial score (nSPS) is 14.6. The van der Waals surface area contributed by atoms with Crippen LogP contribution >= 0.6 is 27.5 Å². The molecule has 6 heteroatoms. The van der Waals surface area contributed by atoms with Crippen LogP contribution < -0.4 is 0 Å². The third-order valence-electron chi connectivity index (χ3n) is 0.247. The van der Waals surface area contributed by atoms with Crippen LogP contribution in [0.25, 0.3) is 0 Å². The Morgan fingerprint density at radius 1 is 1.38 bits per heavy atom. The molecule has 1 atom stereocenters. The predicted octanol–water partition coefficient (Wildman–Crippen LogP) is 1.59. The van der Waals surface area contributed by atoms with Crippen LogP contribution in [0, 0.1) is 0 Å². The monoisotopic (exact) mass is 336 g/mol. The molecule has 0 N–H and O–H groups in total. The molecule has 0 aromatic heterocycles. The molecule has 0 heterocycles. The number of hydrogen-bond donors (Lipinski definition) is 0. The van der Waals surface area contributed by atoms with Gasteiger partial charge in [0, 0.05) is 0 Å². The fraction of sp³-hybridized carbons (Fsp3) is 1.00. The van der Waals surface area contributed by atoms with E-state index in [4.69, 9.17) is 0 Å². The zero-order valence-electron chi connectivity index (χ0n) is 2.97. The zero-order valence-corrected chi connectivity index (χ0v) is 5.31. The van der Waals surface area contributed by atoms with E-state index in [1.54, 1.807) is 0 Å². The van der Waals surface area contributed by atoms with Crippen LogP contribution in [0.1, 0.15) is 0 Å². The second kappa shape index (κ2) is 4.87. The number of hydrogen-bond acceptors (Lipinski definition) is 0. The molecule has 0 aromatic carbocycles. The van der Waals surface area contributed by atoms with Gasteiger partial charge in [-0.15, -0.1) is 11.6 Å². The van der Waals surface area contributed by atoms with Gasteiger partial charge in [-0.1, -0.05) is 15.9 Å². The molecule has 0 fully saturated rings. The Kier molecular flexibility index (Phi) is 7.78. The molecule has 0 radical (unpaired) electrons. The molecular formula is C2H3BaBrClF3. The molecule has 0 rings (SSSR count). The van der Waals surface area contributed by atoms with Gasteiger partial charge in [-0.3, -0.25) is 0 Å². The van der Waals surface area contributed by atoms with Crippen molar-refractivity contribution >= 4 is 76.4 Å². The van der Waals surface area contributed by atoms with Crippen molar-refractivity contribution in [2.45, 2.75) is 10.5 Å². The summed E-state index contributed by atoms with van der Waals surface area (Å²) in [5, 5.41) is 0. The van der Waals surface area contributed by atoms with Crippen molar-refractivity contribution in [3.05, 3.63) is 0 Å². The summed E-state index contributed by atoms with van der Waals surface area (Å²) in [6.07, 6.45) is -4.32. The molecular weight excluding hydrogens is 334 g/mol. The number of halogens is 5. The van der Waals surface area contributed by atoms with E-state index in [2.05, 4.69) is 27.5 Å². The first-order valence-electron chi connectivity index (χ1n) is 1.29. The SMILES string of the molecule is FC(F)(F)C(Cl)Br.[BaH2]. The summed E-state index contributed by atoms with van der Waals surface area (Å²) in [5.74, 6) is 0. The Morgan fingerprint density at radius 2 is 1.50 bits per heavy atom. The van der Waals surface area contributed by atoms with Crippen LogP contribution in [-0.2, 0) is 0 Å². The van der Waals surface area contributed by atoms with Crippen LogP contribution in [0.5, 0.6) is 0 Å². The van der Waals surface area contributed by atoms with Crippen LogP contribution in [0.4, 0.5) is 13.2 Å². The van der Waals surface area contributed by atoms with Crippen molar-refractivity contribution in [1.82, 2.24) is 0 Å². The molecule has 0 aliphatic rings. The quantitative estimate of drug-likeness (QED) is 0.465. The molecule has 0 amide bonds. The van der Waals surface area contributed by atoms with E-state index in [0.717, 1.165) is 0 Å². The summed E-state index contributed by atoms with van der Waals surface area (Å²) in [4.78, 5) is 0. The average molecular weight is 337 g/mol. The summed E-state index contributed by atoms with van der Waals surface area (Å²) in [6, 6.07) is 0. The van der Waals surface area contributed by atoms with E-state index in [9.17, 15) is 13.2 Å². The molecule has 0 aliphatic carbocycles. The van der Waals surface area contributed by atoms with Gasteiger partial charge in [0.05, 0.1) is 0 Å². The minimum atomic E-state index is -4.32. The molecule has 0 saturated heterocycles. The first-order valence-corrected chi connectivity index (χ1v) is 2.64. The van der Waals surface area contributed by atoms with Gasteiger partial charge in [0.2, 0.25) is 0 Å². The fourth-order valence-corrected chi connectivity index (χ4v) is 0. The average Bonchev–Trinajstić information content (AvgIpc) is 1.31. The van der Waals surface area contributed by atoms with Gasteiger partial charge in [-0.25, -0.2) is 0 Å². The summed E-state index contributed by atoms with van der Waals surface area (Å²) in [5.41, 5.74) is 0. The van der Waals surface area contributed by atoms with Gasteiger partial charge in [0.1, 0.15) is 0 Å². The van der Waals surface area contributed by atoms with Crippen molar-refractivity contribution in [2.75, 3.05) is 0 Å². The van der Waals surface area contributed by atoms with E-state index in [-0.39, 0.29) is 48.9 Å². The van der Waals surface area contributed by atoms with Crippen LogP contribution in [-0.4, -0.2) is 59.3 Å². The van der Waals surface area contributed by atoms with Crippen LogP contribution in [0.2, 0.25) is 0 Å². The van der Waals surface area contributed by atoms with Crippen LogP contribution in [0.15, 0.2) is 0 Å². The second-order valence-corrected chi connectivity index (χ2v) is 2.72. The molecule has 48 valence electrons. The zero-order chi connectivity index (χ0) is 6.08. The maximum atomic E-state index is 11.0. The second-order valence-electron chi connectivity index (χ2n) is 0.842. The third kappa shape index (κ3) is 6.25. The molecule has 1 unspecified atom stereocenters. The molecule has 0 bridgehead atoms. The van der Waals surface area contributed by atoms with E-state index in [1.165, 1.54) is 0 Å². The Balaban J connectivity index is 0. The van der Waals surface area contributed by atoms with Crippen LogP contribution in [0.3, 0.4) is 0 Å². The molecule has 0 aromatic rings. The summed E-state index contributed by atoms with van der Waals surface area (Å²) in [6.45, 7) is 0. The van der Waals surface area contributed by atoms with Gasteiger partial charge in [0.15, 0.2) is 4.29 Å². The number of rotatable bonds is 0. The van der Waals surface area contributed by atoms with Gasteiger partial charge in [-0.2, -0.15) is 13.2 Å². The predicted molar refractivity (Wildman–Crippen MR) is 33.2 cm³/mol. The Labute approximate surface area is 98.3 Å². The van der Waals surface area contributed by atoms with E-state index < -0.39 is 10.5 Å². The summed E-state index contributed by atoms with van der Waals surface area (Å²) in [7, 11) is 0. The summed E-state index contributed by atoms with van der Waals surface area (Å²) < 4.78 is 31.1. The van der Waals surface area contributed by atoms with E-state index >= 15 is 0 Å². The first kappa shape index (κ1) is 12.8. The van der Waals surface area contributed by atoms with Crippen molar-refractivity contribution < 1.29 is 13.2 Å². The standard InChI is InChI=1S/C2HBrClF3.Ba.2H/c3-1(4)2(5,6)7;;;/h1H;;;. The van der Waals surface area contributed by atoms with Crippen molar-refractivity contribution in [1.29, 1.82) is 0 Å². The molecule has 0 aliphatic heterocycles. The third-order valence-corrected chi connectivity index (χ3v) is 1.01. The van der Waals surface area contributed by atoms with Gasteiger partial charge in [0.25, 0.3) is 0 Å². The fourth-order valence-electron chi connectivity index (χ4n) is 0. The molecule has 0 spiro atoms. The Hall–Kier alpha value is 2.13. The number of alkyl halides is 5.